The highest BCUT2D eigenvalue weighted by Crippen LogP contribution is 2.33. The number of Topliss-reactive ketones (excluding diaryl/α,β-unsaturated/α-hetero) is 1. The van der Waals surface area contributed by atoms with Crippen molar-refractivity contribution in [2.75, 3.05) is 46.6 Å². The quantitative estimate of drug-likeness (QED) is 0.220. The maximum absolute atomic E-state index is 13.8. The third kappa shape index (κ3) is 9.72. The lowest BCUT2D eigenvalue weighted by Crippen LogP contribution is -2.57. The number of ether oxygens (including phenoxy) is 3. The van der Waals surface area contributed by atoms with E-state index in [9.17, 15) is 24.3 Å². The number of carbonyl (C=O) groups is 4. The van der Waals surface area contributed by atoms with Gasteiger partial charge in [0.05, 0.1) is 45.6 Å². The molecule has 1 aromatic carbocycles. The van der Waals surface area contributed by atoms with Crippen LogP contribution in [0, 0.1) is 5.92 Å². The standard InChI is InChI=1S/C31H46N4O8/c1-20(32-27(37)18-35-12-14-42-15-13-35)29(39)34-26(17-22-6-10-24(41-3)11-7-22)30(40)33-25(28(38)31(2)19-43-31)16-21-4-8-23(36)9-5-21/h6-7,10-11,20-21,23,25-26,36H,4-5,8-9,12-19H2,1-3H3,(H,32,37)(H,33,40)(H,34,39)/t20-,21-,23-,25-,26-,31+/m0/s1. The summed E-state index contributed by atoms with van der Waals surface area (Å²) in [4.78, 5) is 55.0. The van der Waals surface area contributed by atoms with E-state index in [0.29, 0.717) is 57.9 Å². The predicted octanol–water partition coefficient (Wildman–Crippen LogP) is 0.343. The summed E-state index contributed by atoms with van der Waals surface area (Å²) < 4.78 is 16.0. The first-order chi connectivity index (χ1) is 20.6. The lowest BCUT2D eigenvalue weighted by atomic mass is 9.81. The van der Waals surface area contributed by atoms with Gasteiger partial charge in [-0.3, -0.25) is 24.1 Å². The Labute approximate surface area is 253 Å². The first-order valence-electron chi connectivity index (χ1n) is 15.3. The molecule has 4 atom stereocenters. The van der Waals surface area contributed by atoms with Crippen LogP contribution in [0.5, 0.6) is 5.75 Å². The number of methoxy groups -OCH3 is 1. The molecule has 2 saturated heterocycles. The van der Waals surface area contributed by atoms with E-state index >= 15 is 0 Å². The number of epoxide rings is 1. The number of carbonyl (C=O) groups excluding carboxylic acids is 4. The van der Waals surface area contributed by atoms with Crippen molar-refractivity contribution in [1.29, 1.82) is 0 Å². The van der Waals surface area contributed by atoms with Crippen molar-refractivity contribution in [3.8, 4) is 5.75 Å². The van der Waals surface area contributed by atoms with Gasteiger partial charge in [-0.1, -0.05) is 12.1 Å². The fourth-order valence-electron chi connectivity index (χ4n) is 5.66. The SMILES string of the molecule is COc1ccc(C[C@H](NC(=O)[C@H](C)NC(=O)CN2CCOCC2)C(=O)N[C@@H](C[C@H]2CC[C@H](O)CC2)C(=O)[C@@]2(C)CO2)cc1. The minimum Gasteiger partial charge on any atom is -0.497 e. The van der Waals surface area contributed by atoms with Crippen molar-refractivity contribution in [2.45, 2.75) is 82.2 Å². The number of benzene rings is 1. The number of morpholine rings is 1. The maximum atomic E-state index is 13.8. The van der Waals surface area contributed by atoms with Gasteiger partial charge in [0.1, 0.15) is 23.4 Å². The summed E-state index contributed by atoms with van der Waals surface area (Å²) in [7, 11) is 1.56. The van der Waals surface area contributed by atoms with Gasteiger partial charge in [-0.2, -0.15) is 0 Å². The van der Waals surface area contributed by atoms with E-state index in [1.807, 2.05) is 17.0 Å². The van der Waals surface area contributed by atoms with Crippen molar-refractivity contribution in [3.05, 3.63) is 29.8 Å². The van der Waals surface area contributed by atoms with Crippen LogP contribution in [-0.4, -0.2) is 110 Å². The van der Waals surface area contributed by atoms with Gasteiger partial charge in [-0.25, -0.2) is 0 Å². The van der Waals surface area contributed by atoms with Crippen molar-refractivity contribution >= 4 is 23.5 Å². The molecular weight excluding hydrogens is 556 g/mol. The van der Waals surface area contributed by atoms with Crippen LogP contribution in [0.25, 0.3) is 0 Å². The Kier molecular flexibility index (Phi) is 11.5. The second-order valence-electron chi connectivity index (χ2n) is 12.1. The molecule has 0 unspecified atom stereocenters. The van der Waals surface area contributed by atoms with Crippen LogP contribution < -0.4 is 20.7 Å². The molecule has 4 N–H and O–H groups in total. The molecule has 12 heteroatoms. The van der Waals surface area contributed by atoms with Crippen LogP contribution in [0.1, 0.15) is 51.5 Å². The molecule has 0 radical (unpaired) electrons. The molecule has 0 aromatic heterocycles. The normalized spacial score (nSPS) is 26.0. The largest absolute Gasteiger partial charge is 0.497 e. The van der Waals surface area contributed by atoms with Gasteiger partial charge in [0.25, 0.3) is 0 Å². The molecule has 43 heavy (non-hydrogen) atoms. The van der Waals surface area contributed by atoms with Gasteiger partial charge in [0, 0.05) is 19.5 Å². The lowest BCUT2D eigenvalue weighted by Gasteiger charge is -2.30. The number of rotatable bonds is 14. The summed E-state index contributed by atoms with van der Waals surface area (Å²) in [5.74, 6) is -0.644. The number of aliphatic hydroxyl groups excluding tert-OH is 1. The molecule has 2 heterocycles. The fourth-order valence-corrected chi connectivity index (χ4v) is 5.66. The monoisotopic (exact) mass is 602 g/mol. The average Bonchev–Trinajstić information content (AvgIpc) is 3.76. The number of ketones is 1. The van der Waals surface area contributed by atoms with Gasteiger partial charge in [-0.05, 0) is 69.6 Å². The van der Waals surface area contributed by atoms with E-state index in [-0.39, 0.29) is 36.7 Å². The zero-order chi connectivity index (χ0) is 31.0. The van der Waals surface area contributed by atoms with E-state index in [2.05, 4.69) is 16.0 Å². The third-order valence-electron chi connectivity index (χ3n) is 8.59. The van der Waals surface area contributed by atoms with Gasteiger partial charge < -0.3 is 35.3 Å². The molecule has 238 valence electrons. The number of nitrogens with zero attached hydrogens (tertiary/aromatic N) is 1. The second kappa shape index (κ2) is 15.1. The van der Waals surface area contributed by atoms with Crippen molar-refractivity contribution in [2.24, 2.45) is 5.92 Å². The Morgan fingerprint density at radius 1 is 1.00 bits per heavy atom. The van der Waals surface area contributed by atoms with E-state index < -0.39 is 35.5 Å². The Balaban J connectivity index is 1.44. The molecule has 2 aliphatic heterocycles. The van der Waals surface area contributed by atoms with E-state index in [4.69, 9.17) is 14.2 Å². The summed E-state index contributed by atoms with van der Waals surface area (Å²) in [6.07, 6.45) is 3.15. The zero-order valence-corrected chi connectivity index (χ0v) is 25.4. The highest BCUT2D eigenvalue weighted by Gasteiger charge is 2.50. The molecule has 3 amide bonds. The number of hydrogen-bond acceptors (Lipinski definition) is 9. The predicted molar refractivity (Wildman–Crippen MR) is 157 cm³/mol. The highest BCUT2D eigenvalue weighted by molar-refractivity contribution is 5.98. The first-order valence-corrected chi connectivity index (χ1v) is 15.3. The topological polar surface area (TPSA) is 159 Å². The van der Waals surface area contributed by atoms with Crippen LogP contribution in [0.4, 0.5) is 0 Å². The zero-order valence-electron chi connectivity index (χ0n) is 25.4. The number of aliphatic hydroxyl groups is 1. The summed E-state index contributed by atoms with van der Waals surface area (Å²) in [6, 6.07) is 4.49. The minimum absolute atomic E-state index is 0.152. The fraction of sp³-hybridized carbons (Fsp3) is 0.677. The van der Waals surface area contributed by atoms with E-state index in [0.717, 1.165) is 18.4 Å². The Morgan fingerprint density at radius 2 is 1.63 bits per heavy atom. The molecule has 4 rings (SSSR count). The van der Waals surface area contributed by atoms with Crippen LogP contribution in [0.15, 0.2) is 24.3 Å². The molecule has 3 aliphatic rings. The molecular formula is C31H46N4O8. The molecule has 0 bridgehead atoms. The van der Waals surface area contributed by atoms with E-state index in [1.54, 1.807) is 33.1 Å². The lowest BCUT2D eigenvalue weighted by molar-refractivity contribution is -0.134. The Hall–Kier alpha value is -3.06. The smallest absolute Gasteiger partial charge is 0.243 e. The van der Waals surface area contributed by atoms with Crippen molar-refractivity contribution in [3.63, 3.8) is 0 Å². The summed E-state index contributed by atoms with van der Waals surface area (Å²) in [6.45, 7) is 6.15. The van der Waals surface area contributed by atoms with Crippen molar-refractivity contribution < 1.29 is 38.5 Å². The molecule has 1 aliphatic carbocycles. The summed E-state index contributed by atoms with van der Waals surface area (Å²) in [5.41, 5.74) is -0.146. The molecule has 12 nitrogen and oxygen atoms in total. The van der Waals surface area contributed by atoms with Crippen LogP contribution in [0.3, 0.4) is 0 Å². The van der Waals surface area contributed by atoms with Gasteiger partial charge in [0.2, 0.25) is 17.7 Å². The maximum Gasteiger partial charge on any atom is 0.243 e. The molecule has 3 fully saturated rings. The number of hydrogen-bond donors (Lipinski definition) is 4. The van der Waals surface area contributed by atoms with Gasteiger partial charge in [0.15, 0.2) is 5.78 Å². The van der Waals surface area contributed by atoms with Crippen LogP contribution in [-0.2, 0) is 35.1 Å². The summed E-state index contributed by atoms with van der Waals surface area (Å²) >= 11 is 0. The van der Waals surface area contributed by atoms with E-state index in [1.165, 1.54) is 0 Å². The third-order valence-corrected chi connectivity index (χ3v) is 8.59. The van der Waals surface area contributed by atoms with Crippen LogP contribution >= 0.6 is 0 Å². The molecule has 1 saturated carbocycles. The second-order valence-corrected chi connectivity index (χ2v) is 12.1. The van der Waals surface area contributed by atoms with Crippen LogP contribution in [0.2, 0.25) is 0 Å². The first kappa shape index (κ1) is 32.8. The minimum atomic E-state index is -1.00. The van der Waals surface area contributed by atoms with Gasteiger partial charge >= 0.3 is 0 Å². The molecule has 1 aromatic rings. The van der Waals surface area contributed by atoms with Gasteiger partial charge in [-0.15, -0.1) is 0 Å². The highest BCUT2D eigenvalue weighted by atomic mass is 16.6. The number of amides is 3. The summed E-state index contributed by atoms with van der Waals surface area (Å²) in [5, 5.41) is 18.4. The Morgan fingerprint density at radius 3 is 2.23 bits per heavy atom. The number of nitrogens with one attached hydrogen (secondary N) is 3. The molecule has 0 spiro atoms. The van der Waals surface area contributed by atoms with Crippen molar-refractivity contribution in [1.82, 2.24) is 20.9 Å². The average molecular weight is 603 g/mol. The Bertz CT molecular complexity index is 1110.